The number of para-hydroxylation sites is 1. The molecule has 2 rings (SSSR count). The Bertz CT molecular complexity index is 599. The number of carbonyl (C=O) groups excluding carboxylic acids is 1. The molecule has 1 aliphatic heterocycles. The van der Waals surface area contributed by atoms with Gasteiger partial charge in [0.15, 0.2) is 16.6 Å². The fraction of sp³-hybridized carbons (Fsp3) is 0.333. The summed E-state index contributed by atoms with van der Waals surface area (Å²) in [5.41, 5.74) is 1.29. The summed E-state index contributed by atoms with van der Waals surface area (Å²) in [6, 6.07) is 5.53. The molecule has 1 aliphatic rings. The molecule has 112 valence electrons. The highest BCUT2D eigenvalue weighted by molar-refractivity contribution is 7.80. The van der Waals surface area contributed by atoms with Crippen LogP contribution in [-0.2, 0) is 4.79 Å². The maximum atomic E-state index is 12.0. The average Bonchev–Trinajstić information content (AvgIpc) is 2.74. The van der Waals surface area contributed by atoms with Gasteiger partial charge in [-0.1, -0.05) is 19.1 Å². The van der Waals surface area contributed by atoms with E-state index in [0.29, 0.717) is 28.9 Å². The third-order valence-electron chi connectivity index (χ3n) is 3.16. The summed E-state index contributed by atoms with van der Waals surface area (Å²) < 4.78 is 10.7. The van der Waals surface area contributed by atoms with Crippen LogP contribution in [0.3, 0.4) is 0 Å². The lowest BCUT2D eigenvalue weighted by Crippen LogP contribution is -2.27. The van der Waals surface area contributed by atoms with Crippen molar-refractivity contribution in [2.45, 2.75) is 13.3 Å². The van der Waals surface area contributed by atoms with Crippen molar-refractivity contribution in [3.05, 3.63) is 29.5 Å². The fourth-order valence-corrected chi connectivity index (χ4v) is 2.50. The lowest BCUT2D eigenvalue weighted by Gasteiger charge is -2.17. The molecule has 5 nitrogen and oxygen atoms in total. The van der Waals surface area contributed by atoms with E-state index < -0.39 is 0 Å². The first-order chi connectivity index (χ1) is 10.1. The molecule has 1 N–H and O–H groups in total. The lowest BCUT2D eigenvalue weighted by atomic mass is 10.1. The van der Waals surface area contributed by atoms with E-state index in [1.807, 2.05) is 25.1 Å². The maximum Gasteiger partial charge on any atom is 0.274 e. The Morgan fingerprint density at radius 3 is 2.71 bits per heavy atom. The van der Waals surface area contributed by atoms with Gasteiger partial charge in [-0.25, -0.2) is 0 Å². The molecule has 6 heteroatoms. The molecular weight excluding hydrogens is 288 g/mol. The molecule has 1 amide bonds. The second-order valence-electron chi connectivity index (χ2n) is 4.52. The van der Waals surface area contributed by atoms with Crippen molar-refractivity contribution in [1.29, 1.82) is 0 Å². The van der Waals surface area contributed by atoms with Crippen molar-refractivity contribution in [3.8, 4) is 11.5 Å². The first kappa shape index (κ1) is 15.3. The largest absolute Gasteiger partial charge is 0.493 e. The second kappa shape index (κ2) is 6.58. The molecule has 1 aromatic carbocycles. The molecule has 0 atom stereocenters. The van der Waals surface area contributed by atoms with Gasteiger partial charge >= 0.3 is 0 Å². The van der Waals surface area contributed by atoms with Crippen molar-refractivity contribution < 1.29 is 14.3 Å². The van der Waals surface area contributed by atoms with E-state index in [4.69, 9.17) is 21.7 Å². The normalized spacial score (nSPS) is 16.3. The monoisotopic (exact) mass is 306 g/mol. The van der Waals surface area contributed by atoms with Crippen LogP contribution < -0.4 is 14.8 Å². The Balaban J connectivity index is 2.46. The zero-order valence-electron chi connectivity index (χ0n) is 12.3. The Morgan fingerprint density at radius 2 is 2.10 bits per heavy atom. The Morgan fingerprint density at radius 1 is 1.33 bits per heavy atom. The Labute approximate surface area is 129 Å². The standard InChI is InChI=1S/C15H18N2O3S/c1-4-8-17-11(14(18)16-15(17)21)9-10-6-5-7-12(19-2)13(10)20-3/h5-7,9H,4,8H2,1-3H3,(H,16,18,21)/b11-9+. The molecule has 1 fully saturated rings. The zero-order valence-corrected chi connectivity index (χ0v) is 13.1. The zero-order chi connectivity index (χ0) is 15.4. The number of benzene rings is 1. The summed E-state index contributed by atoms with van der Waals surface area (Å²) in [5.74, 6) is 1.02. The fourth-order valence-electron chi connectivity index (χ4n) is 2.22. The molecule has 0 aromatic heterocycles. The van der Waals surface area contributed by atoms with Gasteiger partial charge in [0.25, 0.3) is 5.91 Å². The van der Waals surface area contributed by atoms with Crippen LogP contribution in [-0.4, -0.2) is 36.7 Å². The predicted molar refractivity (Wildman–Crippen MR) is 85.3 cm³/mol. The van der Waals surface area contributed by atoms with Gasteiger partial charge in [0.1, 0.15) is 5.70 Å². The quantitative estimate of drug-likeness (QED) is 0.667. The number of rotatable bonds is 5. The summed E-state index contributed by atoms with van der Waals surface area (Å²) in [4.78, 5) is 13.8. The van der Waals surface area contributed by atoms with Gasteiger partial charge in [-0.3, -0.25) is 10.1 Å². The lowest BCUT2D eigenvalue weighted by molar-refractivity contribution is -0.115. The third-order valence-corrected chi connectivity index (χ3v) is 3.48. The number of nitrogens with zero attached hydrogens (tertiary/aromatic N) is 1. The number of nitrogens with one attached hydrogen (secondary N) is 1. The predicted octanol–water partition coefficient (Wildman–Crippen LogP) is 2.17. The summed E-state index contributed by atoms with van der Waals surface area (Å²) in [6.07, 6.45) is 2.66. The van der Waals surface area contributed by atoms with E-state index in [1.54, 1.807) is 25.2 Å². The van der Waals surface area contributed by atoms with E-state index >= 15 is 0 Å². The Kier molecular flexibility index (Phi) is 4.80. The smallest absolute Gasteiger partial charge is 0.274 e. The van der Waals surface area contributed by atoms with Crippen molar-refractivity contribution in [2.75, 3.05) is 20.8 Å². The molecular formula is C15H18N2O3S. The highest BCUT2D eigenvalue weighted by Crippen LogP contribution is 2.33. The molecule has 1 aromatic rings. The summed E-state index contributed by atoms with van der Waals surface area (Å²) in [7, 11) is 3.15. The summed E-state index contributed by atoms with van der Waals surface area (Å²) >= 11 is 5.18. The van der Waals surface area contributed by atoms with E-state index in [1.165, 1.54) is 0 Å². The van der Waals surface area contributed by atoms with Crippen molar-refractivity contribution in [2.24, 2.45) is 0 Å². The van der Waals surface area contributed by atoms with Crippen LogP contribution in [0.5, 0.6) is 11.5 Å². The average molecular weight is 306 g/mol. The molecule has 0 saturated carbocycles. The SMILES string of the molecule is CCCN1C(=S)NC(=O)/C1=C\c1cccc(OC)c1OC. The molecule has 0 radical (unpaired) electrons. The van der Waals surface area contributed by atoms with Gasteiger partial charge in [0.2, 0.25) is 0 Å². The van der Waals surface area contributed by atoms with E-state index in [-0.39, 0.29) is 5.91 Å². The van der Waals surface area contributed by atoms with Gasteiger partial charge < -0.3 is 14.4 Å². The highest BCUT2D eigenvalue weighted by Gasteiger charge is 2.29. The summed E-state index contributed by atoms with van der Waals surface area (Å²) in [5, 5.41) is 3.11. The van der Waals surface area contributed by atoms with Gasteiger partial charge in [-0.05, 0) is 30.8 Å². The van der Waals surface area contributed by atoms with E-state index in [2.05, 4.69) is 5.32 Å². The number of amides is 1. The minimum Gasteiger partial charge on any atom is -0.493 e. The van der Waals surface area contributed by atoms with Crippen LogP contribution in [0, 0.1) is 0 Å². The van der Waals surface area contributed by atoms with Crippen LogP contribution in [0.25, 0.3) is 6.08 Å². The highest BCUT2D eigenvalue weighted by atomic mass is 32.1. The van der Waals surface area contributed by atoms with E-state index in [9.17, 15) is 4.79 Å². The maximum absolute atomic E-state index is 12.0. The van der Waals surface area contributed by atoms with Crippen molar-refractivity contribution >= 4 is 29.3 Å². The first-order valence-corrected chi connectivity index (χ1v) is 7.08. The minimum absolute atomic E-state index is 0.196. The van der Waals surface area contributed by atoms with Gasteiger partial charge in [-0.2, -0.15) is 0 Å². The van der Waals surface area contributed by atoms with Crippen LogP contribution in [0.15, 0.2) is 23.9 Å². The summed E-state index contributed by atoms with van der Waals surface area (Å²) in [6.45, 7) is 2.73. The second-order valence-corrected chi connectivity index (χ2v) is 4.91. The molecule has 21 heavy (non-hydrogen) atoms. The third kappa shape index (κ3) is 3.00. The minimum atomic E-state index is -0.196. The molecule has 0 unspecified atom stereocenters. The number of methoxy groups -OCH3 is 2. The first-order valence-electron chi connectivity index (χ1n) is 6.67. The van der Waals surface area contributed by atoms with Crippen molar-refractivity contribution in [1.82, 2.24) is 10.2 Å². The van der Waals surface area contributed by atoms with Crippen LogP contribution in [0.4, 0.5) is 0 Å². The topological polar surface area (TPSA) is 50.8 Å². The molecule has 1 saturated heterocycles. The molecule has 0 bridgehead atoms. The molecule has 0 aliphatic carbocycles. The number of hydrogen-bond donors (Lipinski definition) is 1. The van der Waals surface area contributed by atoms with Gasteiger partial charge in [0, 0.05) is 12.1 Å². The van der Waals surface area contributed by atoms with Crippen LogP contribution in [0.2, 0.25) is 0 Å². The number of hydrogen-bond acceptors (Lipinski definition) is 4. The van der Waals surface area contributed by atoms with E-state index in [0.717, 1.165) is 12.0 Å². The van der Waals surface area contributed by atoms with Crippen LogP contribution >= 0.6 is 12.2 Å². The van der Waals surface area contributed by atoms with Crippen molar-refractivity contribution in [3.63, 3.8) is 0 Å². The van der Waals surface area contributed by atoms with Gasteiger partial charge in [-0.15, -0.1) is 0 Å². The van der Waals surface area contributed by atoms with Crippen LogP contribution in [0.1, 0.15) is 18.9 Å². The number of thiocarbonyl (C=S) groups is 1. The molecule has 0 spiro atoms. The number of carbonyl (C=O) groups is 1. The Hall–Kier alpha value is -2.08. The number of ether oxygens (including phenoxy) is 2. The molecule has 1 heterocycles. The van der Waals surface area contributed by atoms with Gasteiger partial charge in [0.05, 0.1) is 14.2 Å².